The molecule has 0 spiro atoms. The summed E-state index contributed by atoms with van der Waals surface area (Å²) in [4.78, 5) is 27.4. The lowest BCUT2D eigenvalue weighted by atomic mass is 10.0. The van der Waals surface area contributed by atoms with Crippen molar-refractivity contribution >= 4 is 17.4 Å². The Hall–Kier alpha value is -2.73. The highest BCUT2D eigenvalue weighted by Crippen LogP contribution is 2.29. The summed E-state index contributed by atoms with van der Waals surface area (Å²) in [5, 5.41) is 0. The van der Waals surface area contributed by atoms with Crippen LogP contribution in [0, 0.1) is 5.82 Å². The predicted molar refractivity (Wildman–Crippen MR) is 98.5 cm³/mol. The predicted octanol–water partition coefficient (Wildman–Crippen LogP) is 2.13. The third-order valence-corrected chi connectivity index (χ3v) is 5.37. The number of benzene rings is 2. The molecule has 140 valence electrons. The van der Waals surface area contributed by atoms with Crippen LogP contribution in [0.5, 0.6) is 5.75 Å². The Bertz CT molecular complexity index is 881. The van der Waals surface area contributed by atoms with E-state index in [0.29, 0.717) is 19.0 Å². The van der Waals surface area contributed by atoms with Crippen molar-refractivity contribution in [3.8, 4) is 5.75 Å². The molecular weight excluding hydrogens is 347 g/mol. The van der Waals surface area contributed by atoms with Crippen LogP contribution in [0.25, 0.3) is 0 Å². The number of carbonyl (C=O) groups is 2. The third-order valence-electron chi connectivity index (χ3n) is 5.37. The number of fused-ring (bicyclic) bond motifs is 1. The molecule has 0 aromatic heterocycles. The number of quaternary nitrogens is 1. The van der Waals surface area contributed by atoms with Gasteiger partial charge in [-0.2, -0.15) is 0 Å². The first-order valence-electron chi connectivity index (χ1n) is 9.31. The van der Waals surface area contributed by atoms with Crippen LogP contribution in [0.2, 0.25) is 0 Å². The van der Waals surface area contributed by atoms with Crippen molar-refractivity contribution < 1.29 is 23.6 Å². The number of carbonyl (C=O) groups excluding carboxylic acids is 2. The molecular formula is C21H22FN2O3+. The van der Waals surface area contributed by atoms with Gasteiger partial charge in [-0.25, -0.2) is 4.39 Å². The van der Waals surface area contributed by atoms with Crippen LogP contribution in [0.1, 0.15) is 41.7 Å². The molecule has 27 heavy (non-hydrogen) atoms. The highest BCUT2D eigenvalue weighted by atomic mass is 19.1. The lowest BCUT2D eigenvalue weighted by molar-refractivity contribution is -0.917. The van der Waals surface area contributed by atoms with Crippen LogP contribution in [-0.4, -0.2) is 31.5 Å². The molecule has 2 aliphatic rings. The second-order valence-electron chi connectivity index (χ2n) is 6.99. The molecule has 1 N–H and O–H groups in total. The van der Waals surface area contributed by atoms with Gasteiger partial charge in [-0.1, -0.05) is 0 Å². The Morgan fingerprint density at radius 3 is 2.70 bits per heavy atom. The molecule has 0 aliphatic carbocycles. The van der Waals surface area contributed by atoms with Gasteiger partial charge in [0.1, 0.15) is 17.6 Å². The fourth-order valence-corrected chi connectivity index (χ4v) is 4.10. The number of hydrogen-bond donors (Lipinski definition) is 1. The molecule has 2 aromatic rings. The summed E-state index contributed by atoms with van der Waals surface area (Å²) in [7, 11) is 0. The van der Waals surface area contributed by atoms with E-state index in [-0.39, 0.29) is 11.6 Å². The fourth-order valence-electron chi connectivity index (χ4n) is 4.10. The van der Waals surface area contributed by atoms with Crippen molar-refractivity contribution in [1.82, 2.24) is 0 Å². The second-order valence-corrected chi connectivity index (χ2v) is 6.99. The maximum absolute atomic E-state index is 13.5. The van der Waals surface area contributed by atoms with Gasteiger partial charge in [-0.05, 0) is 49.4 Å². The molecule has 2 aromatic carbocycles. The molecule has 2 heterocycles. The second kappa shape index (κ2) is 7.12. The van der Waals surface area contributed by atoms with Gasteiger partial charge in [0.2, 0.25) is 0 Å². The molecule has 0 saturated carbocycles. The molecule has 1 unspecified atom stereocenters. The molecule has 6 heteroatoms. The monoisotopic (exact) mass is 369 g/mol. The first-order valence-corrected chi connectivity index (χ1v) is 9.31. The number of Topliss-reactive ketones (excluding diaryl/α,β-unsaturated/α-hetero) is 1. The number of ketones is 1. The average molecular weight is 369 g/mol. The van der Waals surface area contributed by atoms with Crippen LogP contribution in [0.15, 0.2) is 42.5 Å². The lowest BCUT2D eigenvalue weighted by Crippen LogP contribution is -3.12. The van der Waals surface area contributed by atoms with E-state index < -0.39 is 17.5 Å². The van der Waals surface area contributed by atoms with Crippen molar-refractivity contribution in [3.05, 3.63) is 59.4 Å². The first kappa shape index (κ1) is 17.7. The van der Waals surface area contributed by atoms with Crippen LogP contribution < -0.4 is 14.5 Å². The van der Waals surface area contributed by atoms with Crippen molar-refractivity contribution in [2.24, 2.45) is 0 Å². The summed E-state index contributed by atoms with van der Waals surface area (Å²) in [6, 6.07) is 12.3. The normalized spacial score (nSPS) is 21.6. The molecule has 1 amide bonds. The van der Waals surface area contributed by atoms with E-state index >= 15 is 0 Å². The van der Waals surface area contributed by atoms with E-state index in [1.807, 2.05) is 19.1 Å². The Kier molecular flexibility index (Phi) is 4.66. The lowest BCUT2D eigenvalue weighted by Gasteiger charge is -2.26. The van der Waals surface area contributed by atoms with Gasteiger partial charge in [0.05, 0.1) is 24.4 Å². The van der Waals surface area contributed by atoms with Gasteiger partial charge in [0, 0.05) is 18.4 Å². The Labute approximate surface area is 157 Å². The van der Waals surface area contributed by atoms with Crippen LogP contribution in [0.3, 0.4) is 0 Å². The fraction of sp³-hybridized carbons (Fsp3) is 0.333. The van der Waals surface area contributed by atoms with E-state index in [2.05, 4.69) is 12.1 Å². The smallest absolute Gasteiger partial charge is 0.303 e. The standard InChI is InChI=1S/C21H21FN2O3/c1-2-27-16-8-5-14(6-9-16)18-4-3-11-23(18)13-24-19-10-7-15(22)12-17(19)20(25)21(24)26/h5-10,12,18H,2-4,11,13H2,1H3/p+1/t18-/m0/s1. The Morgan fingerprint density at radius 2 is 1.96 bits per heavy atom. The van der Waals surface area contributed by atoms with Crippen LogP contribution in [-0.2, 0) is 4.79 Å². The molecule has 0 bridgehead atoms. The minimum atomic E-state index is -0.624. The van der Waals surface area contributed by atoms with Crippen molar-refractivity contribution in [1.29, 1.82) is 0 Å². The van der Waals surface area contributed by atoms with Crippen molar-refractivity contribution in [2.75, 3.05) is 24.7 Å². The quantitative estimate of drug-likeness (QED) is 0.822. The molecule has 4 rings (SSSR count). The minimum absolute atomic E-state index is 0.163. The molecule has 5 nitrogen and oxygen atoms in total. The third kappa shape index (κ3) is 3.21. The maximum atomic E-state index is 13.5. The zero-order valence-corrected chi connectivity index (χ0v) is 15.2. The molecule has 1 saturated heterocycles. The number of ether oxygens (including phenoxy) is 1. The zero-order chi connectivity index (χ0) is 19.0. The number of halogens is 1. The van der Waals surface area contributed by atoms with E-state index in [4.69, 9.17) is 4.74 Å². The SMILES string of the molecule is CCOc1ccc([C@@H]2CCC[NH+]2CN2C(=O)C(=O)c3cc(F)ccc32)cc1. The highest BCUT2D eigenvalue weighted by Gasteiger charge is 2.40. The highest BCUT2D eigenvalue weighted by molar-refractivity contribution is 6.52. The van der Waals surface area contributed by atoms with Gasteiger partial charge >= 0.3 is 5.91 Å². The zero-order valence-electron chi connectivity index (χ0n) is 15.2. The molecule has 0 radical (unpaired) electrons. The van der Waals surface area contributed by atoms with E-state index in [0.717, 1.165) is 31.2 Å². The summed E-state index contributed by atoms with van der Waals surface area (Å²) in [5.74, 6) is -0.851. The largest absolute Gasteiger partial charge is 0.494 e. The van der Waals surface area contributed by atoms with Crippen LogP contribution in [0.4, 0.5) is 10.1 Å². The summed E-state index contributed by atoms with van der Waals surface area (Å²) in [6.45, 7) is 3.91. The number of likely N-dealkylation sites (tertiary alicyclic amines) is 1. The van der Waals surface area contributed by atoms with E-state index in [1.54, 1.807) is 0 Å². The van der Waals surface area contributed by atoms with Gasteiger partial charge in [0.15, 0.2) is 6.67 Å². The van der Waals surface area contributed by atoms with Gasteiger partial charge < -0.3 is 9.64 Å². The Morgan fingerprint density at radius 1 is 1.19 bits per heavy atom. The van der Waals surface area contributed by atoms with Crippen LogP contribution >= 0.6 is 0 Å². The average Bonchev–Trinajstić information content (AvgIpc) is 3.22. The number of rotatable bonds is 5. The van der Waals surface area contributed by atoms with Crippen molar-refractivity contribution in [2.45, 2.75) is 25.8 Å². The number of hydrogen-bond acceptors (Lipinski definition) is 3. The number of nitrogens with one attached hydrogen (secondary N) is 1. The van der Waals surface area contributed by atoms with Gasteiger partial charge in [0.25, 0.3) is 5.78 Å². The topological polar surface area (TPSA) is 51.1 Å². The number of anilines is 1. The summed E-state index contributed by atoms with van der Waals surface area (Å²) in [6.07, 6.45) is 2.08. The summed E-state index contributed by atoms with van der Waals surface area (Å²) >= 11 is 0. The van der Waals surface area contributed by atoms with Gasteiger partial charge in [-0.15, -0.1) is 0 Å². The first-order chi connectivity index (χ1) is 13.1. The maximum Gasteiger partial charge on any atom is 0.303 e. The van der Waals surface area contributed by atoms with Gasteiger partial charge in [-0.3, -0.25) is 14.5 Å². The Balaban J connectivity index is 1.55. The summed E-state index contributed by atoms with van der Waals surface area (Å²) < 4.78 is 19.0. The minimum Gasteiger partial charge on any atom is -0.494 e. The van der Waals surface area contributed by atoms with Crippen molar-refractivity contribution in [3.63, 3.8) is 0 Å². The van der Waals surface area contributed by atoms with E-state index in [9.17, 15) is 14.0 Å². The summed E-state index contributed by atoms with van der Waals surface area (Å²) in [5.41, 5.74) is 1.87. The number of amides is 1. The van der Waals surface area contributed by atoms with E-state index in [1.165, 1.54) is 27.5 Å². The molecule has 1 fully saturated rings. The molecule has 2 aliphatic heterocycles. The number of nitrogens with zero attached hydrogens (tertiary/aromatic N) is 1. The molecule has 2 atom stereocenters.